The fraction of sp³-hybridized carbons (Fsp3) is 0.267. The van der Waals surface area contributed by atoms with Gasteiger partial charge in [-0.2, -0.15) is 0 Å². The molecule has 0 aliphatic heterocycles. The molecule has 1 aromatic carbocycles. The van der Waals surface area contributed by atoms with Crippen molar-refractivity contribution in [3.05, 3.63) is 65.0 Å². The topological polar surface area (TPSA) is 50.9 Å². The molecule has 0 saturated heterocycles. The number of rotatable bonds is 4. The third-order valence-corrected chi connectivity index (χ3v) is 3.23. The van der Waals surface area contributed by atoms with Gasteiger partial charge in [-0.3, -0.25) is 16.3 Å². The van der Waals surface area contributed by atoms with Crippen LogP contribution in [-0.2, 0) is 6.42 Å². The van der Waals surface area contributed by atoms with Crippen LogP contribution in [0.1, 0.15) is 28.4 Å². The van der Waals surface area contributed by atoms with E-state index in [1.54, 1.807) is 0 Å². The Labute approximate surface area is 108 Å². The zero-order chi connectivity index (χ0) is 13.0. The highest BCUT2D eigenvalue weighted by Gasteiger charge is 2.15. The zero-order valence-electron chi connectivity index (χ0n) is 10.9. The van der Waals surface area contributed by atoms with Crippen molar-refractivity contribution >= 4 is 0 Å². The van der Waals surface area contributed by atoms with E-state index in [0.29, 0.717) is 0 Å². The van der Waals surface area contributed by atoms with Crippen molar-refractivity contribution in [2.24, 2.45) is 5.84 Å². The fourth-order valence-electron chi connectivity index (χ4n) is 2.35. The minimum Gasteiger partial charge on any atom is -0.271 e. The Morgan fingerprint density at radius 2 is 1.83 bits per heavy atom. The predicted octanol–water partition coefficient (Wildman–Crippen LogP) is 2.45. The summed E-state index contributed by atoms with van der Waals surface area (Å²) < 4.78 is 0. The molecule has 2 rings (SSSR count). The summed E-state index contributed by atoms with van der Waals surface area (Å²) in [7, 11) is 0. The Kier molecular flexibility index (Phi) is 4.07. The van der Waals surface area contributed by atoms with Crippen molar-refractivity contribution in [1.29, 1.82) is 0 Å². The number of hydrogen-bond acceptors (Lipinski definition) is 3. The molecular formula is C15H19N3. The Bertz CT molecular complexity index is 488. The SMILES string of the molecule is Cc1cccc(C)c1C(Cc1ccccn1)NN. The summed E-state index contributed by atoms with van der Waals surface area (Å²) in [5.41, 5.74) is 7.74. The Balaban J connectivity index is 2.29. The first-order valence-electron chi connectivity index (χ1n) is 6.14. The van der Waals surface area contributed by atoms with Gasteiger partial charge >= 0.3 is 0 Å². The van der Waals surface area contributed by atoms with Crippen LogP contribution < -0.4 is 11.3 Å². The summed E-state index contributed by atoms with van der Waals surface area (Å²) in [5.74, 6) is 5.71. The molecule has 0 amide bonds. The molecule has 0 radical (unpaired) electrons. The van der Waals surface area contributed by atoms with Gasteiger partial charge in [0.2, 0.25) is 0 Å². The van der Waals surface area contributed by atoms with Crippen LogP contribution in [0.25, 0.3) is 0 Å². The quantitative estimate of drug-likeness (QED) is 0.638. The summed E-state index contributed by atoms with van der Waals surface area (Å²) >= 11 is 0. The normalized spacial score (nSPS) is 12.4. The lowest BCUT2D eigenvalue weighted by molar-refractivity contribution is 0.541. The van der Waals surface area contributed by atoms with Crippen molar-refractivity contribution in [3.8, 4) is 0 Å². The van der Waals surface area contributed by atoms with Gasteiger partial charge in [0.1, 0.15) is 0 Å². The summed E-state index contributed by atoms with van der Waals surface area (Å²) in [6.45, 7) is 4.23. The van der Waals surface area contributed by atoms with Crippen LogP contribution >= 0.6 is 0 Å². The number of hydrogen-bond donors (Lipinski definition) is 2. The molecule has 1 unspecified atom stereocenters. The molecule has 0 aliphatic carbocycles. The summed E-state index contributed by atoms with van der Waals surface area (Å²) in [4.78, 5) is 4.36. The van der Waals surface area contributed by atoms with Crippen LogP contribution in [0.15, 0.2) is 42.6 Å². The molecular weight excluding hydrogens is 222 g/mol. The van der Waals surface area contributed by atoms with Crippen LogP contribution in [0, 0.1) is 13.8 Å². The monoisotopic (exact) mass is 241 g/mol. The predicted molar refractivity (Wildman–Crippen MR) is 73.9 cm³/mol. The van der Waals surface area contributed by atoms with Crippen LogP contribution in [0.3, 0.4) is 0 Å². The lowest BCUT2D eigenvalue weighted by Gasteiger charge is -2.20. The zero-order valence-corrected chi connectivity index (χ0v) is 10.9. The van der Waals surface area contributed by atoms with Gasteiger partial charge in [-0.25, -0.2) is 0 Å². The second kappa shape index (κ2) is 5.76. The molecule has 0 aliphatic rings. The van der Waals surface area contributed by atoms with Gasteiger partial charge in [0.15, 0.2) is 0 Å². The van der Waals surface area contributed by atoms with E-state index in [1.165, 1.54) is 16.7 Å². The maximum atomic E-state index is 5.71. The highest BCUT2D eigenvalue weighted by Crippen LogP contribution is 2.23. The van der Waals surface area contributed by atoms with Gasteiger partial charge in [0.25, 0.3) is 0 Å². The van der Waals surface area contributed by atoms with E-state index in [4.69, 9.17) is 5.84 Å². The number of pyridine rings is 1. The number of benzene rings is 1. The molecule has 1 aromatic heterocycles. The molecule has 1 atom stereocenters. The van der Waals surface area contributed by atoms with E-state index < -0.39 is 0 Å². The smallest absolute Gasteiger partial charge is 0.0520 e. The van der Waals surface area contributed by atoms with E-state index >= 15 is 0 Å². The number of aryl methyl sites for hydroxylation is 2. The number of aromatic nitrogens is 1. The minimum absolute atomic E-state index is 0.0982. The lowest BCUT2D eigenvalue weighted by atomic mass is 9.93. The van der Waals surface area contributed by atoms with Gasteiger partial charge in [-0.05, 0) is 42.7 Å². The molecule has 3 heteroatoms. The Hall–Kier alpha value is -1.71. The highest BCUT2D eigenvalue weighted by molar-refractivity contribution is 5.36. The maximum absolute atomic E-state index is 5.71. The number of nitrogens with zero attached hydrogens (tertiary/aromatic N) is 1. The average molecular weight is 241 g/mol. The van der Waals surface area contributed by atoms with Crippen LogP contribution in [-0.4, -0.2) is 4.98 Å². The molecule has 2 aromatic rings. The standard InChI is InChI=1S/C15H19N3/c1-11-6-5-7-12(2)15(11)14(18-16)10-13-8-3-4-9-17-13/h3-9,14,18H,10,16H2,1-2H3. The maximum Gasteiger partial charge on any atom is 0.0520 e. The molecule has 0 saturated carbocycles. The third kappa shape index (κ3) is 2.75. The molecule has 94 valence electrons. The van der Waals surface area contributed by atoms with E-state index in [1.807, 2.05) is 24.4 Å². The van der Waals surface area contributed by atoms with Crippen molar-refractivity contribution in [3.63, 3.8) is 0 Å². The molecule has 18 heavy (non-hydrogen) atoms. The number of nitrogens with two attached hydrogens (primary N) is 1. The Morgan fingerprint density at radius 3 is 2.39 bits per heavy atom. The molecule has 0 bridgehead atoms. The fourth-order valence-corrected chi connectivity index (χ4v) is 2.35. The van der Waals surface area contributed by atoms with E-state index in [2.05, 4.69) is 42.5 Å². The van der Waals surface area contributed by atoms with E-state index in [9.17, 15) is 0 Å². The molecule has 0 fully saturated rings. The molecule has 3 nitrogen and oxygen atoms in total. The molecule has 3 N–H and O–H groups in total. The average Bonchev–Trinajstić information content (AvgIpc) is 2.38. The highest BCUT2D eigenvalue weighted by atomic mass is 15.2. The first-order chi connectivity index (χ1) is 8.72. The second-order valence-electron chi connectivity index (χ2n) is 4.55. The van der Waals surface area contributed by atoms with Crippen molar-refractivity contribution < 1.29 is 0 Å². The first kappa shape index (κ1) is 12.7. The van der Waals surface area contributed by atoms with Crippen molar-refractivity contribution in [1.82, 2.24) is 10.4 Å². The summed E-state index contributed by atoms with van der Waals surface area (Å²) in [6.07, 6.45) is 2.61. The van der Waals surface area contributed by atoms with Gasteiger partial charge in [-0.1, -0.05) is 24.3 Å². The van der Waals surface area contributed by atoms with Crippen LogP contribution in [0.2, 0.25) is 0 Å². The largest absolute Gasteiger partial charge is 0.271 e. The van der Waals surface area contributed by atoms with Gasteiger partial charge in [0, 0.05) is 18.3 Å². The minimum atomic E-state index is 0.0982. The van der Waals surface area contributed by atoms with Crippen molar-refractivity contribution in [2.75, 3.05) is 0 Å². The number of nitrogens with one attached hydrogen (secondary N) is 1. The second-order valence-corrected chi connectivity index (χ2v) is 4.55. The van der Waals surface area contributed by atoms with Gasteiger partial charge in [0.05, 0.1) is 6.04 Å². The number of hydrazine groups is 1. The first-order valence-corrected chi connectivity index (χ1v) is 6.14. The summed E-state index contributed by atoms with van der Waals surface area (Å²) in [5, 5.41) is 0. The summed E-state index contributed by atoms with van der Waals surface area (Å²) in [6, 6.07) is 12.4. The van der Waals surface area contributed by atoms with E-state index in [-0.39, 0.29) is 6.04 Å². The van der Waals surface area contributed by atoms with Crippen LogP contribution in [0.4, 0.5) is 0 Å². The van der Waals surface area contributed by atoms with Crippen molar-refractivity contribution in [2.45, 2.75) is 26.3 Å². The van der Waals surface area contributed by atoms with Gasteiger partial charge in [-0.15, -0.1) is 0 Å². The third-order valence-electron chi connectivity index (χ3n) is 3.23. The Morgan fingerprint density at radius 1 is 1.11 bits per heavy atom. The van der Waals surface area contributed by atoms with E-state index in [0.717, 1.165) is 12.1 Å². The molecule has 0 spiro atoms. The van der Waals surface area contributed by atoms with Crippen LogP contribution in [0.5, 0.6) is 0 Å². The lowest BCUT2D eigenvalue weighted by Crippen LogP contribution is -2.31. The van der Waals surface area contributed by atoms with Gasteiger partial charge < -0.3 is 0 Å². The molecule has 1 heterocycles.